The van der Waals surface area contributed by atoms with Gasteiger partial charge in [-0.15, -0.1) is 5.10 Å². The number of fused-ring (bicyclic) bond motifs is 1. The average molecular weight is 501 g/mol. The summed E-state index contributed by atoms with van der Waals surface area (Å²) in [6, 6.07) is 17.2. The molecule has 1 N–H and O–H groups in total. The van der Waals surface area contributed by atoms with Crippen molar-refractivity contribution in [2.24, 2.45) is 0 Å². The summed E-state index contributed by atoms with van der Waals surface area (Å²) >= 11 is 6.07. The van der Waals surface area contributed by atoms with Crippen molar-refractivity contribution in [2.45, 2.75) is 19.9 Å². The number of aromatic nitrogens is 5. The highest BCUT2D eigenvalue weighted by atomic mass is 35.5. The lowest BCUT2D eigenvalue weighted by molar-refractivity contribution is 0.0697. The molecule has 180 valence electrons. The Kier molecular flexibility index (Phi) is 5.99. The molecule has 0 unspecified atom stereocenters. The minimum atomic E-state index is -1.19. The highest BCUT2D eigenvalue weighted by molar-refractivity contribution is 6.31. The number of hydrogen-bond acceptors (Lipinski definition) is 5. The van der Waals surface area contributed by atoms with Crippen LogP contribution in [0.15, 0.2) is 79.3 Å². The molecule has 0 saturated carbocycles. The highest BCUT2D eigenvalue weighted by Gasteiger charge is 2.29. The summed E-state index contributed by atoms with van der Waals surface area (Å²) in [5.74, 6) is -1.52. The van der Waals surface area contributed by atoms with E-state index in [4.69, 9.17) is 11.6 Å². The molecule has 0 atom stereocenters. The predicted molar refractivity (Wildman–Crippen MR) is 136 cm³/mol. The van der Waals surface area contributed by atoms with Gasteiger partial charge >= 0.3 is 5.97 Å². The van der Waals surface area contributed by atoms with Gasteiger partial charge in [-0.3, -0.25) is 9.69 Å². The maximum atomic E-state index is 13.3. The fourth-order valence-corrected chi connectivity index (χ4v) is 4.11. The first-order chi connectivity index (χ1) is 17.3. The SMILES string of the molecule is CC(C)N(C(=O)c1cccc(Cl)c1)c1nn(-c2ccc(-c3cc4ncccn4n3)cc2)cc1C(=O)O. The van der Waals surface area contributed by atoms with Crippen LogP contribution < -0.4 is 4.90 Å². The van der Waals surface area contributed by atoms with Crippen LogP contribution in [-0.2, 0) is 0 Å². The van der Waals surface area contributed by atoms with Gasteiger partial charge in [0, 0.05) is 46.8 Å². The Bertz CT molecular complexity index is 1560. The minimum absolute atomic E-state index is 0.0537. The first-order valence-corrected chi connectivity index (χ1v) is 11.5. The molecule has 10 heteroatoms. The lowest BCUT2D eigenvalue weighted by Gasteiger charge is -2.25. The highest BCUT2D eigenvalue weighted by Crippen LogP contribution is 2.27. The van der Waals surface area contributed by atoms with Gasteiger partial charge < -0.3 is 5.11 Å². The van der Waals surface area contributed by atoms with E-state index < -0.39 is 11.9 Å². The molecule has 0 radical (unpaired) electrons. The van der Waals surface area contributed by atoms with Crippen LogP contribution >= 0.6 is 11.6 Å². The van der Waals surface area contributed by atoms with Crippen LogP contribution in [0.25, 0.3) is 22.6 Å². The molecule has 2 aromatic carbocycles. The third kappa shape index (κ3) is 4.32. The van der Waals surface area contributed by atoms with E-state index in [1.807, 2.05) is 36.5 Å². The summed E-state index contributed by atoms with van der Waals surface area (Å²) < 4.78 is 3.15. The molecule has 9 nitrogen and oxygen atoms in total. The van der Waals surface area contributed by atoms with Gasteiger partial charge in [-0.05, 0) is 50.2 Å². The summed E-state index contributed by atoms with van der Waals surface area (Å²) in [7, 11) is 0. The average Bonchev–Trinajstić information content (AvgIpc) is 3.49. The van der Waals surface area contributed by atoms with Crippen molar-refractivity contribution >= 4 is 34.9 Å². The number of anilines is 1. The number of hydrogen-bond donors (Lipinski definition) is 1. The summed E-state index contributed by atoms with van der Waals surface area (Å²) in [6.45, 7) is 3.59. The largest absolute Gasteiger partial charge is 0.477 e. The Hall–Kier alpha value is -4.50. The van der Waals surface area contributed by atoms with Crippen molar-refractivity contribution in [3.8, 4) is 16.9 Å². The number of rotatable bonds is 6. The zero-order valence-corrected chi connectivity index (χ0v) is 20.2. The Balaban J connectivity index is 1.51. The van der Waals surface area contributed by atoms with E-state index in [-0.39, 0.29) is 17.4 Å². The number of carbonyl (C=O) groups is 2. The van der Waals surface area contributed by atoms with Crippen molar-refractivity contribution in [3.63, 3.8) is 0 Å². The fourth-order valence-electron chi connectivity index (χ4n) is 3.92. The number of carboxylic acid groups (broad SMARTS) is 1. The number of nitrogens with zero attached hydrogens (tertiary/aromatic N) is 6. The number of amides is 1. The standard InChI is InChI=1S/C26H21ClN6O3/c1-16(2)33(25(34)18-5-3-6-19(27)13-18)24-21(26(35)36)15-32(30-24)20-9-7-17(8-10-20)22-14-23-28-11-4-12-31(23)29-22/h3-16H,1-2H3,(H,35,36). The molecule has 0 saturated heterocycles. The van der Waals surface area contributed by atoms with Crippen LogP contribution in [0.3, 0.4) is 0 Å². The van der Waals surface area contributed by atoms with E-state index in [0.717, 1.165) is 16.9 Å². The van der Waals surface area contributed by atoms with E-state index in [0.29, 0.717) is 16.3 Å². The number of aromatic carboxylic acids is 1. The van der Waals surface area contributed by atoms with Gasteiger partial charge in [0.25, 0.3) is 5.91 Å². The molecule has 0 aliphatic carbocycles. The zero-order chi connectivity index (χ0) is 25.4. The number of benzene rings is 2. The van der Waals surface area contributed by atoms with Gasteiger partial charge in [0.2, 0.25) is 0 Å². The Morgan fingerprint density at radius 3 is 2.47 bits per heavy atom. The Labute approximate surface area is 211 Å². The molecular formula is C26H21ClN6O3. The van der Waals surface area contributed by atoms with Crippen molar-refractivity contribution in [1.82, 2.24) is 24.4 Å². The zero-order valence-electron chi connectivity index (χ0n) is 19.4. The third-order valence-corrected chi connectivity index (χ3v) is 5.86. The van der Waals surface area contributed by atoms with Crippen molar-refractivity contribution in [1.29, 1.82) is 0 Å². The van der Waals surface area contributed by atoms with E-state index >= 15 is 0 Å². The van der Waals surface area contributed by atoms with Crippen LogP contribution in [0.4, 0.5) is 5.82 Å². The molecule has 5 aromatic rings. The minimum Gasteiger partial charge on any atom is -0.477 e. The van der Waals surface area contributed by atoms with Crippen LogP contribution in [-0.4, -0.2) is 47.4 Å². The molecular weight excluding hydrogens is 480 g/mol. The quantitative estimate of drug-likeness (QED) is 0.352. The molecule has 1 amide bonds. The van der Waals surface area contributed by atoms with E-state index in [2.05, 4.69) is 15.2 Å². The van der Waals surface area contributed by atoms with E-state index in [1.165, 1.54) is 15.8 Å². The van der Waals surface area contributed by atoms with Gasteiger partial charge in [-0.1, -0.05) is 29.8 Å². The fraction of sp³-hybridized carbons (Fsp3) is 0.115. The summed E-state index contributed by atoms with van der Waals surface area (Å²) in [4.78, 5) is 31.1. The van der Waals surface area contributed by atoms with Crippen LogP contribution in [0.1, 0.15) is 34.6 Å². The molecule has 3 aromatic heterocycles. The van der Waals surface area contributed by atoms with Gasteiger partial charge in [0.1, 0.15) is 5.56 Å². The van der Waals surface area contributed by atoms with Gasteiger partial charge in [0.05, 0.1) is 11.4 Å². The Morgan fingerprint density at radius 1 is 1.03 bits per heavy atom. The maximum absolute atomic E-state index is 13.3. The monoisotopic (exact) mass is 500 g/mol. The maximum Gasteiger partial charge on any atom is 0.341 e. The van der Waals surface area contributed by atoms with E-state index in [9.17, 15) is 14.7 Å². The summed E-state index contributed by atoms with van der Waals surface area (Å²) in [5.41, 5.74) is 3.24. The molecule has 0 aliphatic heterocycles. The molecule has 0 fully saturated rings. The van der Waals surface area contributed by atoms with Crippen molar-refractivity contribution < 1.29 is 14.7 Å². The topological polar surface area (TPSA) is 106 Å². The van der Waals surface area contributed by atoms with Crippen LogP contribution in [0, 0.1) is 0 Å². The second kappa shape index (κ2) is 9.27. The lowest BCUT2D eigenvalue weighted by atomic mass is 10.1. The summed E-state index contributed by atoms with van der Waals surface area (Å²) in [5, 5.41) is 19.3. The molecule has 0 spiro atoms. The number of halogens is 1. The van der Waals surface area contributed by atoms with Crippen molar-refractivity contribution in [3.05, 3.63) is 95.4 Å². The molecule has 36 heavy (non-hydrogen) atoms. The Morgan fingerprint density at radius 2 is 1.81 bits per heavy atom. The number of carboxylic acids is 1. The smallest absolute Gasteiger partial charge is 0.341 e. The van der Waals surface area contributed by atoms with E-state index in [1.54, 1.807) is 54.9 Å². The molecule has 0 aliphatic rings. The normalized spacial score (nSPS) is 11.2. The second-order valence-electron chi connectivity index (χ2n) is 8.39. The lowest BCUT2D eigenvalue weighted by Crippen LogP contribution is -2.38. The van der Waals surface area contributed by atoms with Crippen molar-refractivity contribution in [2.75, 3.05) is 4.90 Å². The first-order valence-electron chi connectivity index (χ1n) is 11.1. The molecule has 3 heterocycles. The molecule has 5 rings (SSSR count). The third-order valence-electron chi connectivity index (χ3n) is 5.62. The van der Waals surface area contributed by atoms with Gasteiger partial charge in [-0.25, -0.2) is 19.0 Å². The predicted octanol–water partition coefficient (Wildman–Crippen LogP) is 4.99. The van der Waals surface area contributed by atoms with Gasteiger partial charge in [0.15, 0.2) is 11.5 Å². The van der Waals surface area contributed by atoms with Crippen LogP contribution in [0.5, 0.6) is 0 Å². The molecule has 0 bridgehead atoms. The summed E-state index contributed by atoms with van der Waals surface area (Å²) in [6.07, 6.45) is 4.93. The van der Waals surface area contributed by atoms with Crippen LogP contribution in [0.2, 0.25) is 5.02 Å². The second-order valence-corrected chi connectivity index (χ2v) is 8.83. The first kappa shape index (κ1) is 23.3. The van der Waals surface area contributed by atoms with Gasteiger partial charge in [-0.2, -0.15) is 5.10 Å². The number of carbonyl (C=O) groups excluding carboxylic acids is 1.